The van der Waals surface area contributed by atoms with Crippen molar-refractivity contribution in [1.29, 1.82) is 0 Å². The minimum atomic E-state index is -0.375. The van der Waals surface area contributed by atoms with E-state index in [0.29, 0.717) is 12.4 Å². The molecular weight excluding hydrogens is 309 g/mol. The van der Waals surface area contributed by atoms with Crippen molar-refractivity contribution in [1.82, 2.24) is 15.1 Å². The quantitative estimate of drug-likeness (QED) is 0.919. The van der Waals surface area contributed by atoms with Gasteiger partial charge >= 0.3 is 6.03 Å². The van der Waals surface area contributed by atoms with Crippen molar-refractivity contribution in [3.8, 4) is 5.75 Å². The van der Waals surface area contributed by atoms with Gasteiger partial charge in [0.1, 0.15) is 18.2 Å². The monoisotopic (exact) mass is 327 g/mol. The van der Waals surface area contributed by atoms with Gasteiger partial charge in [0.15, 0.2) is 0 Å². The van der Waals surface area contributed by atoms with Gasteiger partial charge in [0.2, 0.25) is 0 Å². The second-order valence-corrected chi connectivity index (χ2v) is 6.15. The van der Waals surface area contributed by atoms with Gasteiger partial charge in [-0.3, -0.25) is 4.90 Å². The lowest BCUT2D eigenvalue weighted by molar-refractivity contribution is 0.134. The van der Waals surface area contributed by atoms with E-state index in [1.54, 1.807) is 4.90 Å². The lowest BCUT2D eigenvalue weighted by atomic mass is 10.0. The molecule has 2 saturated heterocycles. The summed E-state index contributed by atoms with van der Waals surface area (Å²) in [5, 5.41) is 3.28. The zero-order valence-electron chi connectivity index (χ0n) is 12.4. The molecular formula is C15H19ClFN3O2. The molecule has 2 amide bonds. The predicted octanol–water partition coefficient (Wildman–Crippen LogP) is 1.96. The summed E-state index contributed by atoms with van der Waals surface area (Å²) >= 11 is 5.92. The average Bonchev–Trinajstić information content (AvgIpc) is 2.76. The van der Waals surface area contributed by atoms with E-state index >= 15 is 0 Å². The van der Waals surface area contributed by atoms with E-state index in [1.165, 1.54) is 18.2 Å². The third-order valence-electron chi connectivity index (χ3n) is 4.35. The molecule has 22 heavy (non-hydrogen) atoms. The van der Waals surface area contributed by atoms with Gasteiger partial charge in [-0.15, -0.1) is 0 Å². The highest BCUT2D eigenvalue weighted by Crippen LogP contribution is 2.25. The molecule has 0 saturated carbocycles. The summed E-state index contributed by atoms with van der Waals surface area (Å²) in [7, 11) is 1.84. The van der Waals surface area contributed by atoms with Crippen LogP contribution >= 0.6 is 11.6 Å². The van der Waals surface area contributed by atoms with Crippen molar-refractivity contribution in [2.75, 3.05) is 33.3 Å². The normalized spacial score (nSPS) is 25.0. The van der Waals surface area contributed by atoms with Gasteiger partial charge in [-0.25, -0.2) is 9.18 Å². The molecule has 2 fully saturated rings. The number of urea groups is 1. The molecule has 7 heteroatoms. The lowest BCUT2D eigenvalue weighted by Crippen LogP contribution is -2.51. The van der Waals surface area contributed by atoms with Gasteiger partial charge in [-0.1, -0.05) is 11.6 Å². The Morgan fingerprint density at radius 1 is 1.50 bits per heavy atom. The number of benzene rings is 1. The number of carbonyl (C=O) groups excluding carboxylic acids is 1. The number of ether oxygens (including phenoxy) is 1. The average molecular weight is 328 g/mol. The van der Waals surface area contributed by atoms with Crippen LogP contribution in [0.1, 0.15) is 6.42 Å². The first-order valence-electron chi connectivity index (χ1n) is 7.38. The van der Waals surface area contributed by atoms with Crippen molar-refractivity contribution >= 4 is 17.6 Å². The molecule has 3 rings (SSSR count). The van der Waals surface area contributed by atoms with Crippen molar-refractivity contribution in [3.63, 3.8) is 0 Å². The van der Waals surface area contributed by atoms with Gasteiger partial charge in [0.25, 0.3) is 0 Å². The number of likely N-dealkylation sites (N-methyl/N-ethyl adjacent to an activating group) is 1. The topological polar surface area (TPSA) is 44.8 Å². The van der Waals surface area contributed by atoms with Gasteiger partial charge < -0.3 is 15.0 Å². The standard InChI is InChI=1S/C15H19ClFN3O2/c1-19-13-4-5-20(9-12(13)18-15(19)21)6-7-22-14-3-2-10(17)8-11(14)16/h2-3,8,12-13H,4-7,9H2,1H3,(H,18,21)/t12-,13+/m1/s1. The molecule has 0 aromatic heterocycles. The molecule has 2 aliphatic rings. The van der Waals surface area contributed by atoms with Gasteiger partial charge in [0, 0.05) is 26.7 Å². The highest BCUT2D eigenvalue weighted by Gasteiger charge is 2.40. The van der Waals surface area contributed by atoms with Crippen LogP contribution in [0, 0.1) is 5.82 Å². The Balaban J connectivity index is 1.48. The van der Waals surface area contributed by atoms with Gasteiger partial charge in [0.05, 0.1) is 17.1 Å². The second kappa shape index (κ2) is 6.30. The molecule has 2 heterocycles. The maximum Gasteiger partial charge on any atom is 0.317 e. The van der Waals surface area contributed by atoms with Crippen LogP contribution in [0.5, 0.6) is 5.75 Å². The summed E-state index contributed by atoms with van der Waals surface area (Å²) in [6, 6.07) is 4.59. The van der Waals surface area contributed by atoms with Crippen LogP contribution < -0.4 is 10.1 Å². The molecule has 0 aliphatic carbocycles. The third-order valence-corrected chi connectivity index (χ3v) is 4.64. The zero-order valence-corrected chi connectivity index (χ0v) is 13.1. The Hall–Kier alpha value is -1.53. The number of likely N-dealkylation sites (tertiary alicyclic amines) is 1. The molecule has 0 bridgehead atoms. The smallest absolute Gasteiger partial charge is 0.317 e. The van der Waals surface area contributed by atoms with E-state index in [-0.39, 0.29) is 29.0 Å². The molecule has 5 nitrogen and oxygen atoms in total. The maximum absolute atomic E-state index is 13.0. The van der Waals surface area contributed by atoms with Crippen LogP contribution in [0.3, 0.4) is 0 Å². The maximum atomic E-state index is 13.0. The summed E-state index contributed by atoms with van der Waals surface area (Å²) in [5.41, 5.74) is 0. The molecule has 0 spiro atoms. The van der Waals surface area contributed by atoms with Crippen LogP contribution in [-0.2, 0) is 0 Å². The first kappa shape index (κ1) is 15.4. The van der Waals surface area contributed by atoms with E-state index in [1.807, 2.05) is 7.05 Å². The number of hydrogen-bond acceptors (Lipinski definition) is 3. The first-order chi connectivity index (χ1) is 10.5. The first-order valence-corrected chi connectivity index (χ1v) is 7.76. The Labute approximate surface area is 134 Å². The number of fused-ring (bicyclic) bond motifs is 1. The minimum absolute atomic E-state index is 0.00574. The van der Waals surface area contributed by atoms with Crippen LogP contribution in [0.2, 0.25) is 5.02 Å². The van der Waals surface area contributed by atoms with E-state index in [4.69, 9.17) is 16.3 Å². The van der Waals surface area contributed by atoms with E-state index in [0.717, 1.165) is 26.1 Å². The van der Waals surface area contributed by atoms with Crippen LogP contribution in [0.4, 0.5) is 9.18 Å². The number of nitrogens with zero attached hydrogens (tertiary/aromatic N) is 2. The molecule has 0 radical (unpaired) electrons. The number of piperidine rings is 1. The predicted molar refractivity (Wildman–Crippen MR) is 81.8 cm³/mol. The molecule has 1 N–H and O–H groups in total. The van der Waals surface area contributed by atoms with Crippen molar-refractivity contribution in [2.24, 2.45) is 0 Å². The fourth-order valence-corrected chi connectivity index (χ4v) is 3.33. The van der Waals surface area contributed by atoms with E-state index in [2.05, 4.69) is 10.2 Å². The number of carbonyl (C=O) groups is 1. The van der Waals surface area contributed by atoms with Gasteiger partial charge in [-0.05, 0) is 24.6 Å². The summed E-state index contributed by atoms with van der Waals surface area (Å²) in [5.74, 6) is 0.118. The number of hydrogen-bond donors (Lipinski definition) is 1. The fraction of sp³-hybridized carbons (Fsp3) is 0.533. The Kier molecular flexibility index (Phi) is 4.40. The highest BCUT2D eigenvalue weighted by atomic mass is 35.5. The summed E-state index contributed by atoms with van der Waals surface area (Å²) in [6.45, 7) is 2.98. The Morgan fingerprint density at radius 2 is 2.32 bits per heavy atom. The largest absolute Gasteiger partial charge is 0.491 e. The van der Waals surface area contributed by atoms with Crippen LogP contribution in [0.15, 0.2) is 18.2 Å². The highest BCUT2D eigenvalue weighted by molar-refractivity contribution is 6.32. The fourth-order valence-electron chi connectivity index (χ4n) is 3.10. The van der Waals surface area contributed by atoms with Crippen molar-refractivity contribution < 1.29 is 13.9 Å². The van der Waals surface area contributed by atoms with Crippen LogP contribution in [0.25, 0.3) is 0 Å². The SMILES string of the molecule is CN1C(=O)N[C@@H]2CN(CCOc3ccc(F)cc3Cl)CC[C@@H]21. The molecule has 1 aromatic rings. The Morgan fingerprint density at radius 3 is 3.09 bits per heavy atom. The van der Waals surface area contributed by atoms with E-state index < -0.39 is 0 Å². The number of amides is 2. The Bertz CT molecular complexity index is 572. The lowest BCUT2D eigenvalue weighted by Gasteiger charge is -2.35. The number of halogens is 2. The van der Waals surface area contributed by atoms with Crippen molar-refractivity contribution in [3.05, 3.63) is 29.0 Å². The molecule has 1 aromatic carbocycles. The third kappa shape index (κ3) is 3.13. The molecule has 0 unspecified atom stereocenters. The number of rotatable bonds is 4. The van der Waals surface area contributed by atoms with Crippen LogP contribution in [-0.4, -0.2) is 61.2 Å². The molecule has 2 aliphatic heterocycles. The minimum Gasteiger partial charge on any atom is -0.491 e. The molecule has 120 valence electrons. The van der Waals surface area contributed by atoms with Crippen molar-refractivity contribution in [2.45, 2.75) is 18.5 Å². The number of nitrogens with one attached hydrogen (secondary N) is 1. The second-order valence-electron chi connectivity index (χ2n) is 5.75. The van der Waals surface area contributed by atoms with E-state index in [9.17, 15) is 9.18 Å². The van der Waals surface area contributed by atoms with Gasteiger partial charge in [-0.2, -0.15) is 0 Å². The summed E-state index contributed by atoms with van der Waals surface area (Å²) < 4.78 is 18.6. The summed E-state index contributed by atoms with van der Waals surface area (Å²) in [4.78, 5) is 15.7. The zero-order chi connectivity index (χ0) is 15.7. The summed E-state index contributed by atoms with van der Waals surface area (Å²) in [6.07, 6.45) is 0.956. The molecule has 2 atom stereocenters.